The smallest absolute Gasteiger partial charge is 0.174 e. The SMILES string of the molecule is CN/C(=C\C(N)Sc1cc(OC)ccc1OC)c1ccc(OCC#N)cc1C. The molecular formula is C21H25N3O3S. The van der Waals surface area contributed by atoms with Gasteiger partial charge in [-0.1, -0.05) is 11.8 Å². The van der Waals surface area contributed by atoms with E-state index < -0.39 is 0 Å². The molecule has 28 heavy (non-hydrogen) atoms. The monoisotopic (exact) mass is 399 g/mol. The number of benzene rings is 2. The summed E-state index contributed by atoms with van der Waals surface area (Å²) in [6.45, 7) is 2.01. The first-order valence-electron chi connectivity index (χ1n) is 8.67. The van der Waals surface area contributed by atoms with Gasteiger partial charge in [0.15, 0.2) is 6.61 Å². The zero-order chi connectivity index (χ0) is 20.5. The van der Waals surface area contributed by atoms with Gasteiger partial charge in [-0.15, -0.1) is 0 Å². The number of hydrogen-bond donors (Lipinski definition) is 2. The van der Waals surface area contributed by atoms with Crippen LogP contribution in [-0.2, 0) is 0 Å². The number of nitriles is 1. The van der Waals surface area contributed by atoms with Crippen molar-refractivity contribution in [2.45, 2.75) is 17.2 Å². The van der Waals surface area contributed by atoms with Crippen molar-refractivity contribution in [3.63, 3.8) is 0 Å². The van der Waals surface area contributed by atoms with E-state index in [2.05, 4.69) is 5.32 Å². The fraction of sp³-hybridized carbons (Fsp3) is 0.286. The van der Waals surface area contributed by atoms with Crippen molar-refractivity contribution in [1.29, 1.82) is 5.26 Å². The van der Waals surface area contributed by atoms with Crippen LogP contribution in [0.15, 0.2) is 47.4 Å². The lowest BCUT2D eigenvalue weighted by molar-refractivity contribution is 0.368. The lowest BCUT2D eigenvalue weighted by Crippen LogP contribution is -2.16. The summed E-state index contributed by atoms with van der Waals surface area (Å²) in [5, 5.41) is 11.5. The molecule has 0 amide bonds. The molecule has 0 aromatic heterocycles. The summed E-state index contributed by atoms with van der Waals surface area (Å²) in [7, 11) is 5.11. The first kappa shape index (κ1) is 21.5. The van der Waals surface area contributed by atoms with Crippen molar-refractivity contribution in [2.75, 3.05) is 27.9 Å². The molecule has 0 saturated heterocycles. The van der Waals surface area contributed by atoms with Gasteiger partial charge < -0.3 is 25.3 Å². The zero-order valence-corrected chi connectivity index (χ0v) is 17.3. The largest absolute Gasteiger partial charge is 0.497 e. The number of methoxy groups -OCH3 is 2. The van der Waals surface area contributed by atoms with Gasteiger partial charge >= 0.3 is 0 Å². The Labute approximate surface area is 170 Å². The van der Waals surface area contributed by atoms with Crippen molar-refractivity contribution >= 4 is 17.5 Å². The van der Waals surface area contributed by atoms with Gasteiger partial charge in [0.25, 0.3) is 0 Å². The maximum Gasteiger partial charge on any atom is 0.174 e. The minimum Gasteiger partial charge on any atom is -0.497 e. The second kappa shape index (κ2) is 10.5. The highest BCUT2D eigenvalue weighted by Gasteiger charge is 2.12. The zero-order valence-electron chi connectivity index (χ0n) is 16.5. The summed E-state index contributed by atoms with van der Waals surface area (Å²) in [6, 6.07) is 13.3. The van der Waals surface area contributed by atoms with Gasteiger partial charge in [0.2, 0.25) is 0 Å². The maximum atomic E-state index is 8.64. The van der Waals surface area contributed by atoms with Gasteiger partial charge in [0, 0.05) is 18.3 Å². The number of nitrogens with two attached hydrogens (primary N) is 1. The predicted octanol–water partition coefficient (Wildman–Crippen LogP) is 3.55. The van der Waals surface area contributed by atoms with Gasteiger partial charge in [-0.2, -0.15) is 5.26 Å². The average molecular weight is 400 g/mol. The van der Waals surface area contributed by atoms with Crippen molar-refractivity contribution in [2.24, 2.45) is 5.73 Å². The van der Waals surface area contributed by atoms with Crippen molar-refractivity contribution < 1.29 is 14.2 Å². The number of ether oxygens (including phenoxy) is 3. The van der Waals surface area contributed by atoms with Gasteiger partial charge in [-0.25, -0.2) is 0 Å². The van der Waals surface area contributed by atoms with Crippen molar-refractivity contribution in [1.82, 2.24) is 5.32 Å². The third kappa shape index (κ3) is 5.59. The Morgan fingerprint density at radius 2 is 1.96 bits per heavy atom. The van der Waals surface area contributed by atoms with Crippen LogP contribution in [0.3, 0.4) is 0 Å². The molecule has 0 heterocycles. The summed E-state index contributed by atoms with van der Waals surface area (Å²) < 4.78 is 16.1. The number of hydrogen-bond acceptors (Lipinski definition) is 7. The second-order valence-corrected chi connectivity index (χ2v) is 7.07. The Hall–Kier alpha value is -2.82. The number of rotatable bonds is 9. The molecule has 2 aromatic carbocycles. The Bertz CT molecular complexity index is 878. The number of nitrogens with zero attached hydrogens (tertiary/aromatic N) is 1. The van der Waals surface area contributed by atoms with E-state index in [9.17, 15) is 0 Å². The highest BCUT2D eigenvalue weighted by molar-refractivity contribution is 8.00. The topological polar surface area (TPSA) is 89.5 Å². The van der Waals surface area contributed by atoms with Gasteiger partial charge in [-0.05, 0) is 55.0 Å². The molecule has 0 aliphatic rings. The standard InChI is InChI=1S/C21H25N3O3S/c1-14-11-16(27-10-9-22)5-7-17(14)18(24-2)13-21(23)28-20-12-15(25-3)6-8-19(20)26-4/h5-8,11-13,21,24H,10,23H2,1-4H3/b18-13-. The van der Waals surface area contributed by atoms with Crippen LogP contribution < -0.4 is 25.3 Å². The number of thioether (sulfide) groups is 1. The quantitative estimate of drug-likeness (QED) is 0.492. The lowest BCUT2D eigenvalue weighted by atomic mass is 10.0. The Balaban J connectivity index is 2.23. The number of aryl methyl sites for hydroxylation is 1. The molecule has 0 bridgehead atoms. The molecular weight excluding hydrogens is 374 g/mol. The number of nitrogens with one attached hydrogen (secondary N) is 1. The molecule has 2 rings (SSSR count). The normalized spacial score (nSPS) is 12.1. The van der Waals surface area contributed by atoms with Crippen LogP contribution in [0.2, 0.25) is 0 Å². The van der Waals surface area contributed by atoms with E-state index in [4.69, 9.17) is 25.2 Å². The van der Waals surface area contributed by atoms with E-state index >= 15 is 0 Å². The maximum absolute atomic E-state index is 8.64. The fourth-order valence-electron chi connectivity index (χ4n) is 2.67. The summed E-state index contributed by atoms with van der Waals surface area (Å²) in [5.74, 6) is 2.16. The first-order valence-corrected chi connectivity index (χ1v) is 9.55. The fourth-order valence-corrected chi connectivity index (χ4v) is 3.62. The Kier molecular flexibility index (Phi) is 8.05. The molecule has 7 heteroatoms. The third-order valence-corrected chi connectivity index (χ3v) is 5.01. The van der Waals surface area contributed by atoms with E-state index in [1.807, 2.05) is 62.5 Å². The second-order valence-electron chi connectivity index (χ2n) is 5.85. The molecule has 1 atom stereocenters. The van der Waals surface area contributed by atoms with E-state index in [0.717, 1.165) is 33.2 Å². The van der Waals surface area contributed by atoms with Crippen LogP contribution in [0.25, 0.3) is 5.70 Å². The molecule has 0 aliphatic carbocycles. The molecule has 0 aliphatic heterocycles. The molecule has 0 radical (unpaired) electrons. The van der Waals surface area contributed by atoms with E-state index in [1.54, 1.807) is 14.2 Å². The van der Waals surface area contributed by atoms with Crippen LogP contribution in [0.5, 0.6) is 17.2 Å². The molecule has 2 aromatic rings. The molecule has 148 valence electrons. The summed E-state index contributed by atoms with van der Waals surface area (Å²) >= 11 is 1.48. The summed E-state index contributed by atoms with van der Waals surface area (Å²) in [5.41, 5.74) is 9.31. The van der Waals surface area contributed by atoms with E-state index in [0.29, 0.717) is 5.75 Å². The first-order chi connectivity index (χ1) is 13.5. The van der Waals surface area contributed by atoms with Crippen LogP contribution in [0.1, 0.15) is 11.1 Å². The van der Waals surface area contributed by atoms with Crippen molar-refractivity contribution in [3.8, 4) is 23.3 Å². The Morgan fingerprint density at radius 1 is 1.21 bits per heavy atom. The molecule has 6 nitrogen and oxygen atoms in total. The van der Waals surface area contributed by atoms with Crippen LogP contribution in [-0.4, -0.2) is 33.2 Å². The van der Waals surface area contributed by atoms with Crippen LogP contribution in [0, 0.1) is 18.3 Å². The van der Waals surface area contributed by atoms with E-state index in [-0.39, 0.29) is 12.0 Å². The Morgan fingerprint density at radius 3 is 2.57 bits per heavy atom. The lowest BCUT2D eigenvalue weighted by Gasteiger charge is -2.16. The molecule has 3 N–H and O–H groups in total. The third-order valence-electron chi connectivity index (χ3n) is 4.03. The average Bonchev–Trinajstić information content (AvgIpc) is 2.70. The molecule has 0 spiro atoms. The van der Waals surface area contributed by atoms with Gasteiger partial charge in [0.05, 0.1) is 24.5 Å². The highest BCUT2D eigenvalue weighted by atomic mass is 32.2. The predicted molar refractivity (Wildman–Crippen MR) is 113 cm³/mol. The van der Waals surface area contributed by atoms with Crippen molar-refractivity contribution in [3.05, 3.63) is 53.6 Å². The van der Waals surface area contributed by atoms with Crippen LogP contribution >= 0.6 is 11.8 Å². The minimum atomic E-state index is -0.308. The molecule has 0 fully saturated rings. The summed E-state index contributed by atoms with van der Waals surface area (Å²) in [4.78, 5) is 0.901. The van der Waals surface area contributed by atoms with Gasteiger partial charge in [-0.3, -0.25) is 0 Å². The molecule has 1 unspecified atom stereocenters. The highest BCUT2D eigenvalue weighted by Crippen LogP contribution is 2.35. The van der Waals surface area contributed by atoms with Gasteiger partial charge in [0.1, 0.15) is 23.3 Å². The van der Waals surface area contributed by atoms with E-state index in [1.165, 1.54) is 11.8 Å². The van der Waals surface area contributed by atoms with Crippen LogP contribution in [0.4, 0.5) is 0 Å². The summed E-state index contributed by atoms with van der Waals surface area (Å²) in [6.07, 6.45) is 1.96. The minimum absolute atomic E-state index is 0.0252. The molecule has 0 saturated carbocycles.